The Morgan fingerprint density at radius 1 is 1.30 bits per heavy atom. The number of benzene rings is 1. The minimum atomic E-state index is -0.925. The third kappa shape index (κ3) is 4.18. The molecule has 0 saturated heterocycles. The number of aliphatic carboxylic acids is 1. The normalized spacial score (nSPS) is 18.1. The number of nitrogens with zero attached hydrogens (tertiary/aromatic N) is 3. The van der Waals surface area contributed by atoms with E-state index < -0.39 is 11.9 Å². The molecule has 0 aromatic heterocycles. The zero-order valence-electron chi connectivity index (χ0n) is 15.9. The van der Waals surface area contributed by atoms with Crippen molar-refractivity contribution in [1.82, 2.24) is 4.90 Å². The highest BCUT2D eigenvalue weighted by Gasteiger charge is 2.38. The monoisotopic (exact) mass is 371 g/mol. The summed E-state index contributed by atoms with van der Waals surface area (Å²) in [7, 11) is 0. The first kappa shape index (κ1) is 19.1. The summed E-state index contributed by atoms with van der Waals surface area (Å²) in [6, 6.07) is 5.85. The van der Waals surface area contributed by atoms with Crippen molar-refractivity contribution in [3.05, 3.63) is 29.3 Å². The van der Waals surface area contributed by atoms with Gasteiger partial charge in [-0.25, -0.2) is 5.01 Å². The van der Waals surface area contributed by atoms with Crippen LogP contribution in [-0.4, -0.2) is 46.1 Å². The van der Waals surface area contributed by atoms with Crippen molar-refractivity contribution < 1.29 is 19.5 Å². The van der Waals surface area contributed by atoms with Crippen LogP contribution in [0.25, 0.3) is 0 Å². The molecule has 1 aliphatic heterocycles. The van der Waals surface area contributed by atoms with Crippen LogP contribution in [0.1, 0.15) is 43.7 Å². The number of carboxylic acid groups (broad SMARTS) is 1. The van der Waals surface area contributed by atoms with E-state index in [-0.39, 0.29) is 37.2 Å². The number of amides is 2. The van der Waals surface area contributed by atoms with Gasteiger partial charge in [0.1, 0.15) is 5.71 Å². The molecule has 1 fully saturated rings. The molecular formula is C20H25N3O4. The lowest BCUT2D eigenvalue weighted by Crippen LogP contribution is -2.45. The summed E-state index contributed by atoms with van der Waals surface area (Å²) in [4.78, 5) is 38.3. The van der Waals surface area contributed by atoms with Gasteiger partial charge in [-0.1, -0.05) is 19.1 Å². The predicted octanol–water partition coefficient (Wildman–Crippen LogP) is 2.50. The maximum absolute atomic E-state index is 13.0. The summed E-state index contributed by atoms with van der Waals surface area (Å²) in [5.74, 6) is -1.97. The molecule has 1 atom stereocenters. The molecule has 1 N–H and O–H groups in total. The minimum absolute atomic E-state index is 0.0776. The molecule has 1 aromatic carbocycles. The lowest BCUT2D eigenvalue weighted by atomic mass is 10.1. The van der Waals surface area contributed by atoms with Gasteiger partial charge in [-0.2, -0.15) is 5.10 Å². The van der Waals surface area contributed by atoms with Gasteiger partial charge in [0.2, 0.25) is 5.91 Å². The molecule has 1 aliphatic carbocycles. The summed E-state index contributed by atoms with van der Waals surface area (Å²) < 4.78 is 0. The van der Waals surface area contributed by atoms with E-state index in [4.69, 9.17) is 0 Å². The number of carbonyl (C=O) groups is 3. The molecule has 1 aromatic rings. The van der Waals surface area contributed by atoms with Gasteiger partial charge in [0.05, 0.1) is 11.6 Å². The second-order valence-corrected chi connectivity index (χ2v) is 7.47. The van der Waals surface area contributed by atoms with Crippen LogP contribution in [0.4, 0.5) is 5.69 Å². The zero-order valence-corrected chi connectivity index (χ0v) is 15.9. The van der Waals surface area contributed by atoms with Crippen molar-refractivity contribution >= 4 is 29.2 Å². The first-order valence-electron chi connectivity index (χ1n) is 9.29. The van der Waals surface area contributed by atoms with Crippen LogP contribution >= 0.6 is 0 Å². The molecule has 1 saturated carbocycles. The first-order chi connectivity index (χ1) is 12.8. The predicted molar refractivity (Wildman–Crippen MR) is 102 cm³/mol. The Balaban J connectivity index is 1.88. The topological polar surface area (TPSA) is 90.3 Å². The van der Waals surface area contributed by atoms with Crippen LogP contribution in [0.5, 0.6) is 0 Å². The number of aryl methyl sites for hydroxylation is 2. The Kier molecular flexibility index (Phi) is 5.30. The van der Waals surface area contributed by atoms with Gasteiger partial charge in [0, 0.05) is 25.4 Å². The fourth-order valence-electron chi connectivity index (χ4n) is 3.17. The van der Waals surface area contributed by atoms with Crippen LogP contribution in [0.3, 0.4) is 0 Å². The van der Waals surface area contributed by atoms with Crippen molar-refractivity contribution in [3.8, 4) is 0 Å². The standard InChI is InChI=1S/C20H25N3O4/c1-12-4-5-13(2)17(10-12)23-18(24)9-8-16(21-23)19(25)22(15-6-7-15)11-14(3)20(26)27/h4-5,10,14-15H,6-9,11H2,1-3H3,(H,26,27). The van der Waals surface area contributed by atoms with Gasteiger partial charge < -0.3 is 10.0 Å². The molecule has 2 amide bonds. The number of hydrogen-bond acceptors (Lipinski definition) is 4. The molecule has 27 heavy (non-hydrogen) atoms. The number of hydrogen-bond donors (Lipinski definition) is 1. The van der Waals surface area contributed by atoms with Gasteiger partial charge in [-0.05, 0) is 43.9 Å². The van der Waals surface area contributed by atoms with E-state index in [0.717, 1.165) is 24.0 Å². The second kappa shape index (κ2) is 7.50. The quantitative estimate of drug-likeness (QED) is 0.832. The van der Waals surface area contributed by atoms with Gasteiger partial charge in [0.25, 0.3) is 5.91 Å². The third-order valence-corrected chi connectivity index (χ3v) is 5.01. The smallest absolute Gasteiger partial charge is 0.308 e. The average Bonchev–Trinajstić information content (AvgIpc) is 3.46. The van der Waals surface area contributed by atoms with Crippen molar-refractivity contribution in [2.24, 2.45) is 11.0 Å². The molecule has 7 nitrogen and oxygen atoms in total. The highest BCUT2D eigenvalue weighted by Crippen LogP contribution is 2.30. The zero-order chi connectivity index (χ0) is 19.7. The number of anilines is 1. The molecule has 144 valence electrons. The summed E-state index contributed by atoms with van der Waals surface area (Å²) in [6.45, 7) is 5.60. The summed E-state index contributed by atoms with van der Waals surface area (Å²) in [6.07, 6.45) is 2.25. The maximum atomic E-state index is 13.0. The Hall–Kier alpha value is -2.70. The molecular weight excluding hydrogens is 346 g/mol. The molecule has 0 radical (unpaired) electrons. The van der Waals surface area contributed by atoms with Crippen molar-refractivity contribution in [3.63, 3.8) is 0 Å². The molecule has 0 bridgehead atoms. The Morgan fingerprint density at radius 2 is 2.00 bits per heavy atom. The molecule has 0 spiro atoms. The van der Waals surface area contributed by atoms with E-state index in [9.17, 15) is 19.5 Å². The second-order valence-electron chi connectivity index (χ2n) is 7.47. The van der Waals surface area contributed by atoms with Crippen molar-refractivity contribution in [2.45, 2.75) is 52.5 Å². The highest BCUT2D eigenvalue weighted by molar-refractivity contribution is 6.40. The number of rotatable bonds is 6. The van der Waals surface area contributed by atoms with E-state index in [2.05, 4.69) is 5.10 Å². The SMILES string of the molecule is Cc1ccc(C)c(N2N=C(C(=O)N(CC(C)C(=O)O)C3CC3)CCC2=O)c1. The van der Waals surface area contributed by atoms with Gasteiger partial charge in [-0.15, -0.1) is 0 Å². The van der Waals surface area contributed by atoms with E-state index in [1.807, 2.05) is 32.0 Å². The van der Waals surface area contributed by atoms with E-state index in [1.165, 1.54) is 5.01 Å². The lowest BCUT2D eigenvalue weighted by molar-refractivity contribution is -0.142. The van der Waals surface area contributed by atoms with Crippen LogP contribution in [-0.2, 0) is 14.4 Å². The molecule has 2 aliphatic rings. The third-order valence-electron chi connectivity index (χ3n) is 5.01. The van der Waals surface area contributed by atoms with Crippen LogP contribution in [0, 0.1) is 19.8 Å². The lowest BCUT2D eigenvalue weighted by Gasteiger charge is -2.29. The Labute approximate surface area is 158 Å². The van der Waals surface area contributed by atoms with E-state index in [1.54, 1.807) is 11.8 Å². The fourth-order valence-corrected chi connectivity index (χ4v) is 3.17. The van der Waals surface area contributed by atoms with E-state index >= 15 is 0 Å². The molecule has 3 rings (SSSR count). The average molecular weight is 371 g/mol. The number of carbonyl (C=O) groups excluding carboxylic acids is 2. The molecule has 1 heterocycles. The van der Waals surface area contributed by atoms with Crippen LogP contribution in [0.15, 0.2) is 23.3 Å². The Morgan fingerprint density at radius 3 is 2.63 bits per heavy atom. The Bertz CT molecular complexity index is 813. The van der Waals surface area contributed by atoms with Gasteiger partial charge in [-0.3, -0.25) is 14.4 Å². The molecule has 1 unspecified atom stereocenters. The summed E-state index contributed by atoms with van der Waals surface area (Å²) >= 11 is 0. The van der Waals surface area contributed by atoms with Gasteiger partial charge in [0.15, 0.2) is 0 Å². The van der Waals surface area contributed by atoms with Crippen molar-refractivity contribution in [2.75, 3.05) is 11.6 Å². The minimum Gasteiger partial charge on any atom is -0.481 e. The van der Waals surface area contributed by atoms with Gasteiger partial charge >= 0.3 is 5.97 Å². The number of hydrazone groups is 1. The fraction of sp³-hybridized carbons (Fsp3) is 0.500. The summed E-state index contributed by atoms with van der Waals surface area (Å²) in [5.41, 5.74) is 2.92. The maximum Gasteiger partial charge on any atom is 0.308 e. The summed E-state index contributed by atoms with van der Waals surface area (Å²) in [5, 5.41) is 14.9. The highest BCUT2D eigenvalue weighted by atomic mass is 16.4. The van der Waals surface area contributed by atoms with Crippen LogP contribution < -0.4 is 5.01 Å². The first-order valence-corrected chi connectivity index (χ1v) is 9.29. The van der Waals surface area contributed by atoms with Crippen LogP contribution in [0.2, 0.25) is 0 Å². The molecule has 7 heteroatoms. The van der Waals surface area contributed by atoms with Crippen molar-refractivity contribution in [1.29, 1.82) is 0 Å². The largest absolute Gasteiger partial charge is 0.481 e. The number of carboxylic acids is 1. The van der Waals surface area contributed by atoms with E-state index in [0.29, 0.717) is 11.4 Å².